The molecule has 4 rings (SSSR count). The topological polar surface area (TPSA) is 102 Å². The molecule has 0 amide bonds. The van der Waals surface area contributed by atoms with Crippen molar-refractivity contribution in [3.05, 3.63) is 94.8 Å². The fourth-order valence-electron chi connectivity index (χ4n) is 4.08. The molecular formula is C26H24FN3O3. The minimum absolute atomic E-state index is 0.260. The molecule has 0 radical (unpaired) electrons. The van der Waals surface area contributed by atoms with Crippen LogP contribution < -0.4 is 10.6 Å². The second kappa shape index (κ2) is 10.4. The van der Waals surface area contributed by atoms with Gasteiger partial charge in [-0.15, -0.1) is 0 Å². The number of carboxylic acid groups (broad SMARTS) is 1. The smallest absolute Gasteiger partial charge is 0.330 e. The van der Waals surface area contributed by atoms with Gasteiger partial charge in [0.05, 0.1) is 11.3 Å². The molecule has 0 saturated heterocycles. The third-order valence-corrected chi connectivity index (χ3v) is 5.70. The Balaban J connectivity index is 0.00000149. The van der Waals surface area contributed by atoms with Gasteiger partial charge in [-0.1, -0.05) is 42.5 Å². The Kier molecular flexibility index (Phi) is 7.42. The maximum atomic E-state index is 13.8. The lowest BCUT2D eigenvalue weighted by Gasteiger charge is -2.27. The van der Waals surface area contributed by atoms with E-state index >= 15 is 0 Å². The van der Waals surface area contributed by atoms with E-state index in [2.05, 4.69) is 16.7 Å². The Labute approximate surface area is 191 Å². The van der Waals surface area contributed by atoms with Gasteiger partial charge in [0, 0.05) is 25.1 Å². The summed E-state index contributed by atoms with van der Waals surface area (Å²) >= 11 is 0. The Morgan fingerprint density at radius 3 is 2.30 bits per heavy atom. The van der Waals surface area contributed by atoms with Crippen LogP contribution in [0.5, 0.6) is 0 Å². The third kappa shape index (κ3) is 5.18. The van der Waals surface area contributed by atoms with Crippen molar-refractivity contribution < 1.29 is 19.1 Å². The third-order valence-electron chi connectivity index (χ3n) is 5.70. The highest BCUT2D eigenvalue weighted by Gasteiger charge is 2.44. The van der Waals surface area contributed by atoms with E-state index in [0.29, 0.717) is 48.3 Å². The Morgan fingerprint density at radius 2 is 1.70 bits per heavy atom. The number of halogens is 1. The summed E-state index contributed by atoms with van der Waals surface area (Å²) in [6.07, 6.45) is 1.23. The molecule has 3 N–H and O–H groups in total. The number of rotatable bonds is 7. The van der Waals surface area contributed by atoms with Crippen LogP contribution in [0.15, 0.2) is 66.7 Å². The van der Waals surface area contributed by atoms with Crippen LogP contribution in [0.2, 0.25) is 0 Å². The predicted octanol–water partition coefficient (Wildman–Crippen LogP) is 4.20. The summed E-state index contributed by atoms with van der Waals surface area (Å²) in [6.45, 7) is 2.44. The van der Waals surface area contributed by atoms with E-state index in [1.807, 2.05) is 31.1 Å². The van der Waals surface area contributed by atoms with Crippen molar-refractivity contribution in [3.63, 3.8) is 0 Å². The lowest BCUT2D eigenvalue weighted by Crippen LogP contribution is -2.47. The van der Waals surface area contributed by atoms with Gasteiger partial charge in [-0.2, -0.15) is 5.26 Å². The lowest BCUT2D eigenvalue weighted by molar-refractivity contribution is -0.142. The molecule has 0 aliphatic heterocycles. The highest BCUT2D eigenvalue weighted by Crippen LogP contribution is 2.34. The SMILES string of the molecule is C=O.N#Cc1ccc(NC2(C(=O)O)Cc3ccccc3C2)cc1NCCc1ccccc1F. The number of hydrogen-bond donors (Lipinski definition) is 3. The molecular weight excluding hydrogens is 421 g/mol. The van der Waals surface area contributed by atoms with Crippen molar-refractivity contribution in [2.45, 2.75) is 24.8 Å². The van der Waals surface area contributed by atoms with Gasteiger partial charge in [0.2, 0.25) is 0 Å². The van der Waals surface area contributed by atoms with Gasteiger partial charge in [0.25, 0.3) is 0 Å². The number of nitrogens with zero attached hydrogens (tertiary/aromatic N) is 1. The molecule has 0 fully saturated rings. The summed E-state index contributed by atoms with van der Waals surface area (Å²) in [6, 6.07) is 21.6. The molecule has 6 nitrogen and oxygen atoms in total. The van der Waals surface area contributed by atoms with Crippen LogP contribution in [0.4, 0.5) is 15.8 Å². The average molecular weight is 445 g/mol. The molecule has 3 aromatic carbocycles. The van der Waals surface area contributed by atoms with Crippen molar-refractivity contribution >= 4 is 24.1 Å². The Morgan fingerprint density at radius 1 is 1.06 bits per heavy atom. The van der Waals surface area contributed by atoms with Gasteiger partial charge in [-0.25, -0.2) is 9.18 Å². The van der Waals surface area contributed by atoms with Crippen LogP contribution >= 0.6 is 0 Å². The number of aliphatic carboxylic acids is 1. The van der Waals surface area contributed by atoms with Crippen molar-refractivity contribution in [2.75, 3.05) is 17.2 Å². The number of carbonyl (C=O) groups is 2. The maximum Gasteiger partial charge on any atom is 0.330 e. The van der Waals surface area contributed by atoms with E-state index in [-0.39, 0.29) is 5.82 Å². The molecule has 33 heavy (non-hydrogen) atoms. The van der Waals surface area contributed by atoms with E-state index in [1.165, 1.54) is 6.07 Å². The minimum Gasteiger partial charge on any atom is -0.479 e. The first kappa shape index (κ1) is 23.5. The summed E-state index contributed by atoms with van der Waals surface area (Å²) < 4.78 is 13.8. The standard InChI is InChI=1S/C25H22FN3O2.CH2O/c26-22-8-4-3-5-17(22)11-12-28-23-13-21(10-9-20(23)16-27)29-25(24(30)31)14-18-6-1-2-7-19(18)15-25;1-2/h1-10,13,28-29H,11-12,14-15H2,(H,30,31);1H2. The molecule has 0 bridgehead atoms. The Hall–Kier alpha value is -4.18. The quantitative estimate of drug-likeness (QED) is 0.504. The summed E-state index contributed by atoms with van der Waals surface area (Å²) in [5.74, 6) is -1.17. The van der Waals surface area contributed by atoms with Crippen LogP contribution in [0.1, 0.15) is 22.3 Å². The van der Waals surface area contributed by atoms with Gasteiger partial charge < -0.3 is 20.5 Å². The maximum absolute atomic E-state index is 13.8. The normalized spacial score (nSPS) is 13.1. The van der Waals surface area contributed by atoms with Crippen LogP contribution in [0, 0.1) is 17.1 Å². The number of carbonyl (C=O) groups excluding carboxylic acids is 1. The van der Waals surface area contributed by atoms with Gasteiger partial charge >= 0.3 is 5.97 Å². The number of nitrogens with one attached hydrogen (secondary N) is 2. The van der Waals surface area contributed by atoms with Crippen molar-refractivity contribution in [1.29, 1.82) is 5.26 Å². The first-order valence-electron chi connectivity index (χ1n) is 10.4. The number of anilines is 2. The molecule has 7 heteroatoms. The summed E-state index contributed by atoms with van der Waals surface area (Å²) in [7, 11) is 0. The molecule has 3 aromatic rings. The van der Waals surface area contributed by atoms with Crippen molar-refractivity contribution in [3.8, 4) is 6.07 Å². The second-order valence-electron chi connectivity index (χ2n) is 7.77. The van der Waals surface area contributed by atoms with Gasteiger partial charge in [0.1, 0.15) is 24.2 Å². The largest absolute Gasteiger partial charge is 0.479 e. The molecule has 0 heterocycles. The van der Waals surface area contributed by atoms with E-state index in [4.69, 9.17) is 4.79 Å². The first-order valence-corrected chi connectivity index (χ1v) is 10.4. The van der Waals surface area contributed by atoms with Gasteiger partial charge in [-0.05, 0) is 47.4 Å². The molecule has 0 unspecified atom stereocenters. The van der Waals surface area contributed by atoms with Crippen LogP contribution in [-0.2, 0) is 28.9 Å². The minimum atomic E-state index is -1.14. The first-order chi connectivity index (χ1) is 16.0. The highest BCUT2D eigenvalue weighted by atomic mass is 19.1. The number of fused-ring (bicyclic) bond motifs is 1. The second-order valence-corrected chi connectivity index (χ2v) is 7.77. The van der Waals surface area contributed by atoms with Gasteiger partial charge in [-0.3, -0.25) is 0 Å². The lowest BCUT2D eigenvalue weighted by atomic mass is 9.95. The number of hydrogen-bond acceptors (Lipinski definition) is 5. The van der Waals surface area contributed by atoms with Crippen LogP contribution in [0.25, 0.3) is 0 Å². The summed E-state index contributed by atoms with van der Waals surface area (Å²) in [5.41, 5.74) is 3.14. The summed E-state index contributed by atoms with van der Waals surface area (Å²) in [4.78, 5) is 20.2. The van der Waals surface area contributed by atoms with Crippen molar-refractivity contribution in [2.24, 2.45) is 0 Å². The van der Waals surface area contributed by atoms with E-state index in [9.17, 15) is 19.6 Å². The average Bonchev–Trinajstić information content (AvgIpc) is 3.21. The molecule has 0 spiro atoms. The molecule has 0 atom stereocenters. The molecule has 168 valence electrons. The molecule has 0 aromatic heterocycles. The predicted molar refractivity (Wildman–Crippen MR) is 125 cm³/mol. The van der Waals surface area contributed by atoms with Crippen LogP contribution in [-0.4, -0.2) is 29.9 Å². The fraction of sp³-hybridized carbons (Fsp3) is 0.192. The summed E-state index contributed by atoms with van der Waals surface area (Å²) in [5, 5.41) is 25.8. The fourth-order valence-corrected chi connectivity index (χ4v) is 4.08. The zero-order valence-corrected chi connectivity index (χ0v) is 18.0. The monoisotopic (exact) mass is 445 g/mol. The molecule has 0 saturated carbocycles. The molecule has 1 aliphatic rings. The van der Waals surface area contributed by atoms with E-state index in [1.54, 1.807) is 36.4 Å². The van der Waals surface area contributed by atoms with E-state index in [0.717, 1.165) is 11.1 Å². The van der Waals surface area contributed by atoms with E-state index < -0.39 is 11.5 Å². The Bertz CT molecular complexity index is 1160. The molecule has 1 aliphatic carbocycles. The number of nitriles is 1. The number of carboxylic acids is 1. The van der Waals surface area contributed by atoms with Crippen LogP contribution in [0.3, 0.4) is 0 Å². The zero-order valence-electron chi connectivity index (χ0n) is 18.0. The highest BCUT2D eigenvalue weighted by molar-refractivity contribution is 5.85. The van der Waals surface area contributed by atoms with Gasteiger partial charge in [0.15, 0.2) is 0 Å². The van der Waals surface area contributed by atoms with Crippen molar-refractivity contribution in [1.82, 2.24) is 0 Å². The number of benzene rings is 3. The zero-order chi connectivity index (χ0) is 23.8.